The van der Waals surface area contributed by atoms with Crippen LogP contribution in [0, 0.1) is 0 Å². The Bertz CT molecular complexity index is 147. The molecule has 1 N–H and O–H groups in total. The molecule has 1 spiro atoms. The lowest BCUT2D eigenvalue weighted by Crippen LogP contribution is -2.69. The van der Waals surface area contributed by atoms with Gasteiger partial charge in [0.05, 0.1) is 11.8 Å². The molecule has 9 heavy (non-hydrogen) atoms. The fourth-order valence-corrected chi connectivity index (χ4v) is 2.77. The molecule has 0 aliphatic carbocycles. The minimum atomic E-state index is 0.532. The van der Waals surface area contributed by atoms with E-state index in [0.717, 1.165) is 6.17 Å². The molecule has 4 saturated heterocycles. The van der Waals surface area contributed by atoms with E-state index >= 15 is 0 Å². The van der Waals surface area contributed by atoms with Gasteiger partial charge in [0.25, 0.3) is 0 Å². The van der Waals surface area contributed by atoms with Gasteiger partial charge in [-0.05, 0) is 25.7 Å². The second-order valence-corrected chi connectivity index (χ2v) is 3.53. The number of nitrogens with zero attached hydrogens (tertiary/aromatic N) is 1. The Morgan fingerprint density at radius 2 is 2.44 bits per heavy atom. The molecule has 2 bridgehead atoms. The molecule has 4 fully saturated rings. The average Bonchev–Trinajstić information content (AvgIpc) is 2.37. The fraction of sp³-hybridized carbons (Fsp3) is 1.00. The monoisotopic (exact) mass is 124 g/mol. The van der Waals surface area contributed by atoms with Crippen LogP contribution in [0.1, 0.15) is 25.7 Å². The first-order valence-electron chi connectivity index (χ1n) is 3.95. The minimum absolute atomic E-state index is 0.532. The van der Waals surface area contributed by atoms with Gasteiger partial charge in [-0.3, -0.25) is 10.2 Å². The highest BCUT2D eigenvalue weighted by Gasteiger charge is 2.58. The Labute approximate surface area is 55.2 Å². The number of nitrogens with one attached hydrogen (secondary N) is 1. The largest absolute Gasteiger partial charge is 0.283 e. The van der Waals surface area contributed by atoms with Crippen LogP contribution in [-0.2, 0) is 0 Å². The molecule has 2 heteroatoms. The third kappa shape index (κ3) is 0.356. The van der Waals surface area contributed by atoms with Crippen molar-refractivity contribution in [2.75, 3.05) is 6.54 Å². The topological polar surface area (TPSA) is 15.3 Å². The molecule has 0 aromatic rings. The van der Waals surface area contributed by atoms with E-state index in [9.17, 15) is 0 Å². The predicted molar refractivity (Wildman–Crippen MR) is 34.8 cm³/mol. The zero-order valence-corrected chi connectivity index (χ0v) is 5.56. The van der Waals surface area contributed by atoms with Gasteiger partial charge in [-0.1, -0.05) is 0 Å². The summed E-state index contributed by atoms with van der Waals surface area (Å²) in [4.78, 5) is 2.65. The van der Waals surface area contributed by atoms with E-state index in [1.54, 1.807) is 0 Å². The lowest BCUT2D eigenvalue weighted by atomic mass is 10.1. The van der Waals surface area contributed by atoms with E-state index in [1.165, 1.54) is 32.2 Å². The zero-order chi connectivity index (χ0) is 5.90. The van der Waals surface area contributed by atoms with E-state index in [0.29, 0.717) is 5.66 Å². The molecular formula is C7H12N2. The van der Waals surface area contributed by atoms with Crippen molar-refractivity contribution in [1.29, 1.82) is 0 Å². The van der Waals surface area contributed by atoms with Gasteiger partial charge in [-0.25, -0.2) is 0 Å². The van der Waals surface area contributed by atoms with Gasteiger partial charge < -0.3 is 0 Å². The van der Waals surface area contributed by atoms with Gasteiger partial charge in [0.1, 0.15) is 0 Å². The summed E-state index contributed by atoms with van der Waals surface area (Å²) in [6.07, 6.45) is 6.43. The fourth-order valence-electron chi connectivity index (χ4n) is 2.77. The first-order valence-corrected chi connectivity index (χ1v) is 3.95. The van der Waals surface area contributed by atoms with E-state index < -0.39 is 0 Å². The van der Waals surface area contributed by atoms with Gasteiger partial charge in [-0.15, -0.1) is 0 Å². The summed E-state index contributed by atoms with van der Waals surface area (Å²) in [5.41, 5.74) is 0.532. The van der Waals surface area contributed by atoms with E-state index in [2.05, 4.69) is 10.2 Å². The summed E-state index contributed by atoms with van der Waals surface area (Å²) in [7, 11) is 0. The molecule has 4 rings (SSSR count). The minimum Gasteiger partial charge on any atom is -0.283 e. The summed E-state index contributed by atoms with van der Waals surface area (Å²) in [5.74, 6) is 0. The third-order valence-corrected chi connectivity index (χ3v) is 3.18. The molecule has 2 atom stereocenters. The van der Waals surface area contributed by atoms with Crippen molar-refractivity contribution in [3.63, 3.8) is 0 Å². The number of fused-ring (bicyclic) bond motifs is 1. The second-order valence-electron chi connectivity index (χ2n) is 3.53. The number of hydrogen-bond acceptors (Lipinski definition) is 2. The third-order valence-electron chi connectivity index (χ3n) is 3.18. The molecule has 4 aliphatic heterocycles. The van der Waals surface area contributed by atoms with Crippen molar-refractivity contribution < 1.29 is 0 Å². The van der Waals surface area contributed by atoms with E-state index in [1.807, 2.05) is 0 Å². The predicted octanol–water partition coefficient (Wildman–Crippen LogP) is 0.502. The Kier molecular flexibility index (Phi) is 0.616. The van der Waals surface area contributed by atoms with E-state index in [4.69, 9.17) is 0 Å². The van der Waals surface area contributed by atoms with Crippen molar-refractivity contribution >= 4 is 0 Å². The van der Waals surface area contributed by atoms with Gasteiger partial charge >= 0.3 is 0 Å². The highest BCUT2D eigenvalue weighted by atomic mass is 15.5. The first-order chi connectivity index (χ1) is 4.41. The van der Waals surface area contributed by atoms with Crippen molar-refractivity contribution in [3.8, 4) is 0 Å². The SMILES string of the molecule is C1CN2C3CC[C@@]2(C1)N3. The smallest absolute Gasteiger partial charge is 0.0738 e. The summed E-state index contributed by atoms with van der Waals surface area (Å²) in [5, 5.41) is 3.62. The molecule has 4 heterocycles. The lowest BCUT2D eigenvalue weighted by molar-refractivity contribution is -0.0182. The van der Waals surface area contributed by atoms with Crippen LogP contribution in [0.15, 0.2) is 0 Å². The van der Waals surface area contributed by atoms with Crippen LogP contribution in [0.4, 0.5) is 0 Å². The van der Waals surface area contributed by atoms with Crippen molar-refractivity contribution in [2.45, 2.75) is 37.5 Å². The van der Waals surface area contributed by atoms with Gasteiger partial charge in [0.2, 0.25) is 0 Å². The maximum Gasteiger partial charge on any atom is 0.0738 e. The molecule has 0 aromatic heterocycles. The van der Waals surface area contributed by atoms with Crippen LogP contribution in [0.3, 0.4) is 0 Å². The average molecular weight is 124 g/mol. The number of rotatable bonds is 0. The lowest BCUT2D eigenvalue weighted by Gasteiger charge is -2.47. The summed E-state index contributed by atoms with van der Waals surface area (Å²) in [6.45, 7) is 1.36. The van der Waals surface area contributed by atoms with Crippen LogP contribution < -0.4 is 5.32 Å². The van der Waals surface area contributed by atoms with Crippen molar-refractivity contribution in [3.05, 3.63) is 0 Å². The van der Waals surface area contributed by atoms with Crippen molar-refractivity contribution in [1.82, 2.24) is 10.2 Å². The van der Waals surface area contributed by atoms with Gasteiger partial charge in [-0.2, -0.15) is 0 Å². The molecule has 0 amide bonds. The van der Waals surface area contributed by atoms with Crippen LogP contribution >= 0.6 is 0 Å². The number of hydrogen-bond donors (Lipinski definition) is 1. The standard InChI is InChI=1S/C7H12N2/c1-3-7-4-2-6(8-7)9(7)5-1/h6,8H,1-5H2/t6?,7-/m0/s1. The molecular weight excluding hydrogens is 112 g/mol. The molecule has 1 unspecified atom stereocenters. The van der Waals surface area contributed by atoms with Crippen molar-refractivity contribution in [2.24, 2.45) is 0 Å². The normalized spacial score (nSPS) is 55.3. The van der Waals surface area contributed by atoms with Crippen LogP contribution in [-0.4, -0.2) is 23.3 Å². The quantitative estimate of drug-likeness (QED) is 0.506. The Balaban J connectivity index is 2.02. The van der Waals surface area contributed by atoms with Crippen LogP contribution in [0.2, 0.25) is 0 Å². The highest BCUT2D eigenvalue weighted by Crippen LogP contribution is 2.47. The van der Waals surface area contributed by atoms with Gasteiger partial charge in [0.15, 0.2) is 0 Å². The van der Waals surface area contributed by atoms with Crippen LogP contribution in [0.25, 0.3) is 0 Å². The second kappa shape index (κ2) is 1.18. The maximum absolute atomic E-state index is 3.62. The summed E-state index contributed by atoms with van der Waals surface area (Å²) in [6, 6.07) is 0. The molecule has 0 saturated carbocycles. The Morgan fingerprint density at radius 3 is 3.22 bits per heavy atom. The van der Waals surface area contributed by atoms with Gasteiger partial charge in [0, 0.05) is 6.54 Å². The van der Waals surface area contributed by atoms with Crippen LogP contribution in [0.5, 0.6) is 0 Å². The maximum atomic E-state index is 3.62. The summed E-state index contributed by atoms with van der Waals surface area (Å²) >= 11 is 0. The molecule has 50 valence electrons. The molecule has 2 nitrogen and oxygen atoms in total. The molecule has 0 radical (unpaired) electrons. The first kappa shape index (κ1) is 4.69. The highest BCUT2D eigenvalue weighted by molar-refractivity contribution is 5.11. The van der Waals surface area contributed by atoms with E-state index in [-0.39, 0.29) is 0 Å². The zero-order valence-electron chi connectivity index (χ0n) is 5.56. The molecule has 4 aliphatic rings. The molecule has 0 aromatic carbocycles. The Morgan fingerprint density at radius 1 is 1.44 bits per heavy atom. The Hall–Kier alpha value is -0.0800. The summed E-state index contributed by atoms with van der Waals surface area (Å²) < 4.78 is 0.